The van der Waals surface area contributed by atoms with Crippen molar-refractivity contribution in [1.29, 1.82) is 0 Å². The van der Waals surface area contributed by atoms with Gasteiger partial charge in [0.25, 0.3) is 5.56 Å². The minimum Gasteiger partial charge on any atom is -0.301 e. The van der Waals surface area contributed by atoms with Gasteiger partial charge in [0, 0.05) is 18.0 Å². The molecule has 16 heavy (non-hydrogen) atoms. The Labute approximate surface area is 109 Å². The highest BCUT2D eigenvalue weighted by atomic mass is 127. The van der Waals surface area contributed by atoms with Crippen molar-refractivity contribution in [3.63, 3.8) is 0 Å². The lowest BCUT2D eigenvalue weighted by Crippen LogP contribution is -2.08. The van der Waals surface area contributed by atoms with Crippen molar-refractivity contribution in [2.24, 2.45) is 0 Å². The number of nitrogens with zero attached hydrogens (tertiary/aromatic N) is 3. The molecule has 0 unspecified atom stereocenters. The molecule has 0 radical (unpaired) electrons. The van der Waals surface area contributed by atoms with Gasteiger partial charge in [-0.1, -0.05) is 0 Å². The summed E-state index contributed by atoms with van der Waals surface area (Å²) >= 11 is 3.46. The molecule has 2 aromatic rings. The van der Waals surface area contributed by atoms with Crippen molar-refractivity contribution >= 4 is 34.4 Å². The fourth-order valence-corrected chi connectivity index (χ4v) is 2.47. The zero-order valence-electron chi connectivity index (χ0n) is 8.27. The SMILES string of the molecule is Cc1cc(=O)[nH]c(Sc2ncncc2I)n1. The third-order valence-electron chi connectivity index (χ3n) is 1.68. The maximum Gasteiger partial charge on any atom is 0.251 e. The lowest BCUT2D eigenvalue weighted by Gasteiger charge is -2.01. The number of aromatic nitrogens is 4. The Kier molecular flexibility index (Phi) is 3.54. The van der Waals surface area contributed by atoms with Gasteiger partial charge in [0.1, 0.15) is 11.4 Å². The summed E-state index contributed by atoms with van der Waals surface area (Å²) in [6.07, 6.45) is 3.18. The van der Waals surface area contributed by atoms with Crippen molar-refractivity contribution in [3.8, 4) is 0 Å². The number of aryl methyl sites for hydroxylation is 1. The number of rotatable bonds is 2. The lowest BCUT2D eigenvalue weighted by molar-refractivity contribution is 0.898. The molecule has 0 saturated heterocycles. The van der Waals surface area contributed by atoms with E-state index in [0.29, 0.717) is 10.9 Å². The van der Waals surface area contributed by atoms with E-state index in [-0.39, 0.29) is 5.56 Å². The highest BCUT2D eigenvalue weighted by Crippen LogP contribution is 2.25. The van der Waals surface area contributed by atoms with Crippen molar-refractivity contribution < 1.29 is 0 Å². The summed E-state index contributed by atoms with van der Waals surface area (Å²) in [6, 6.07) is 1.45. The molecule has 0 amide bonds. The van der Waals surface area contributed by atoms with Crippen LogP contribution in [-0.4, -0.2) is 19.9 Å². The number of hydrogen-bond acceptors (Lipinski definition) is 5. The highest BCUT2D eigenvalue weighted by molar-refractivity contribution is 14.1. The predicted octanol–water partition coefficient (Wildman–Crippen LogP) is 1.62. The Morgan fingerprint density at radius 3 is 3.00 bits per heavy atom. The second-order valence-electron chi connectivity index (χ2n) is 2.97. The van der Waals surface area contributed by atoms with Gasteiger partial charge in [0.15, 0.2) is 5.16 Å². The van der Waals surface area contributed by atoms with Gasteiger partial charge < -0.3 is 4.98 Å². The van der Waals surface area contributed by atoms with E-state index in [1.165, 1.54) is 24.2 Å². The first-order valence-corrected chi connectivity index (χ1v) is 6.26. The molecule has 0 aliphatic carbocycles. The first-order chi connectivity index (χ1) is 7.65. The molecule has 2 rings (SSSR count). The number of hydrogen-bond donors (Lipinski definition) is 1. The topological polar surface area (TPSA) is 71.5 Å². The molecule has 0 bridgehead atoms. The third-order valence-corrected chi connectivity index (χ3v) is 3.74. The van der Waals surface area contributed by atoms with Crippen LogP contribution in [0.25, 0.3) is 0 Å². The maximum atomic E-state index is 11.2. The number of nitrogens with one attached hydrogen (secondary N) is 1. The fraction of sp³-hybridized carbons (Fsp3) is 0.111. The molecule has 0 spiro atoms. The maximum absolute atomic E-state index is 11.2. The van der Waals surface area contributed by atoms with Crippen molar-refractivity contribution in [1.82, 2.24) is 19.9 Å². The predicted molar refractivity (Wildman–Crippen MR) is 68.5 cm³/mol. The highest BCUT2D eigenvalue weighted by Gasteiger charge is 2.06. The summed E-state index contributed by atoms with van der Waals surface area (Å²) in [6.45, 7) is 1.78. The first kappa shape index (κ1) is 11.5. The molecule has 0 atom stereocenters. The molecule has 0 aromatic carbocycles. The molecule has 5 nitrogen and oxygen atoms in total. The van der Waals surface area contributed by atoms with Crippen LogP contribution >= 0.6 is 34.4 Å². The average molecular weight is 346 g/mol. The molecule has 1 N–H and O–H groups in total. The van der Waals surface area contributed by atoms with E-state index in [9.17, 15) is 4.79 Å². The summed E-state index contributed by atoms with van der Waals surface area (Å²) in [5.74, 6) is 0. The molecular weight excluding hydrogens is 339 g/mol. The van der Waals surface area contributed by atoms with Gasteiger partial charge >= 0.3 is 0 Å². The minimum absolute atomic E-state index is 0.154. The van der Waals surface area contributed by atoms with Crippen LogP contribution in [0.4, 0.5) is 0 Å². The van der Waals surface area contributed by atoms with Gasteiger partial charge in [0.2, 0.25) is 0 Å². The van der Waals surface area contributed by atoms with Gasteiger partial charge in [-0.25, -0.2) is 15.0 Å². The molecule has 0 aliphatic heterocycles. The fourth-order valence-electron chi connectivity index (χ4n) is 1.07. The largest absolute Gasteiger partial charge is 0.301 e. The van der Waals surface area contributed by atoms with Crippen LogP contribution in [0, 0.1) is 10.5 Å². The first-order valence-electron chi connectivity index (χ1n) is 4.36. The molecular formula is C9H7IN4OS. The summed E-state index contributed by atoms with van der Waals surface area (Å²) in [4.78, 5) is 26.1. The Bertz CT molecular complexity index is 571. The number of halogens is 1. The van der Waals surface area contributed by atoms with Gasteiger partial charge in [-0.15, -0.1) is 0 Å². The Hall–Kier alpha value is -0.960. The van der Waals surface area contributed by atoms with Crippen molar-refractivity contribution in [2.45, 2.75) is 17.1 Å². The van der Waals surface area contributed by atoms with Gasteiger partial charge in [0.05, 0.1) is 3.57 Å². The molecule has 2 heterocycles. The molecule has 2 aromatic heterocycles. The van der Waals surface area contributed by atoms with Gasteiger partial charge in [-0.2, -0.15) is 0 Å². The zero-order chi connectivity index (χ0) is 11.5. The zero-order valence-corrected chi connectivity index (χ0v) is 11.2. The molecule has 0 saturated carbocycles. The van der Waals surface area contributed by atoms with E-state index >= 15 is 0 Å². The van der Waals surface area contributed by atoms with Gasteiger partial charge in [-0.3, -0.25) is 4.79 Å². The standard InChI is InChI=1S/C9H7IN4OS/c1-5-2-7(15)14-9(13-5)16-8-6(10)3-11-4-12-8/h2-4H,1H3,(H,13,14,15). The Balaban J connectivity index is 2.34. The van der Waals surface area contributed by atoms with E-state index in [2.05, 4.69) is 42.5 Å². The van der Waals surface area contributed by atoms with Crippen LogP contribution in [0.2, 0.25) is 0 Å². The molecule has 7 heteroatoms. The second-order valence-corrected chi connectivity index (χ2v) is 5.11. The Morgan fingerprint density at radius 2 is 2.31 bits per heavy atom. The van der Waals surface area contributed by atoms with Crippen LogP contribution in [0.3, 0.4) is 0 Å². The molecule has 82 valence electrons. The van der Waals surface area contributed by atoms with E-state index in [0.717, 1.165) is 8.60 Å². The monoisotopic (exact) mass is 346 g/mol. The van der Waals surface area contributed by atoms with E-state index < -0.39 is 0 Å². The van der Waals surface area contributed by atoms with Gasteiger partial charge in [-0.05, 0) is 41.3 Å². The van der Waals surface area contributed by atoms with Crippen molar-refractivity contribution in [3.05, 3.63) is 38.2 Å². The summed E-state index contributed by atoms with van der Waals surface area (Å²) < 4.78 is 0.925. The lowest BCUT2D eigenvalue weighted by atomic mass is 10.5. The van der Waals surface area contributed by atoms with Crippen LogP contribution in [-0.2, 0) is 0 Å². The number of aromatic amines is 1. The van der Waals surface area contributed by atoms with Crippen LogP contribution < -0.4 is 5.56 Å². The quantitative estimate of drug-likeness (QED) is 0.508. The summed E-state index contributed by atoms with van der Waals surface area (Å²) in [5.41, 5.74) is 0.536. The van der Waals surface area contributed by atoms with Crippen molar-refractivity contribution in [2.75, 3.05) is 0 Å². The third kappa shape index (κ3) is 2.79. The summed E-state index contributed by atoms with van der Waals surface area (Å²) in [7, 11) is 0. The van der Waals surface area contributed by atoms with Crippen LogP contribution in [0.15, 0.2) is 33.6 Å². The van der Waals surface area contributed by atoms with Crippen LogP contribution in [0.1, 0.15) is 5.69 Å². The summed E-state index contributed by atoms with van der Waals surface area (Å²) in [5, 5.41) is 1.32. The van der Waals surface area contributed by atoms with E-state index in [4.69, 9.17) is 0 Å². The van der Waals surface area contributed by atoms with Crippen LogP contribution in [0.5, 0.6) is 0 Å². The average Bonchev–Trinajstić information content (AvgIpc) is 2.20. The number of H-pyrrole nitrogens is 1. The van der Waals surface area contributed by atoms with E-state index in [1.807, 2.05) is 0 Å². The minimum atomic E-state index is -0.154. The molecule has 0 fully saturated rings. The van der Waals surface area contributed by atoms with E-state index in [1.54, 1.807) is 13.1 Å². The normalized spacial score (nSPS) is 10.4. The smallest absolute Gasteiger partial charge is 0.251 e. The Morgan fingerprint density at radius 1 is 1.50 bits per heavy atom. The molecule has 0 aliphatic rings. The second kappa shape index (κ2) is 4.91.